The van der Waals surface area contributed by atoms with Gasteiger partial charge in [-0.15, -0.1) is 10.2 Å². The summed E-state index contributed by atoms with van der Waals surface area (Å²) in [5.74, 6) is 0.298. The number of carbonyl (C=O) groups is 2. The first-order valence-electron chi connectivity index (χ1n) is 6.45. The van der Waals surface area contributed by atoms with Crippen LogP contribution in [0.2, 0.25) is 0 Å². The summed E-state index contributed by atoms with van der Waals surface area (Å²) in [5.41, 5.74) is 0.743. The minimum Gasteiger partial charge on any atom is -0.348 e. The van der Waals surface area contributed by atoms with Crippen LogP contribution >= 0.6 is 0 Å². The van der Waals surface area contributed by atoms with Crippen LogP contribution in [0.25, 0.3) is 5.65 Å². The van der Waals surface area contributed by atoms with Crippen LogP contribution in [0.1, 0.15) is 12.2 Å². The van der Waals surface area contributed by atoms with Crippen LogP contribution in [-0.4, -0.2) is 44.9 Å². The second kappa shape index (κ2) is 4.92. The van der Waals surface area contributed by atoms with Gasteiger partial charge in [0.25, 0.3) is 0 Å². The lowest BCUT2D eigenvalue weighted by atomic mass is 10.1. The van der Waals surface area contributed by atoms with Gasteiger partial charge in [-0.1, -0.05) is 6.07 Å². The maximum absolute atomic E-state index is 12.0. The molecule has 0 unspecified atom stereocenters. The van der Waals surface area contributed by atoms with Gasteiger partial charge in [-0.05, 0) is 12.1 Å². The van der Waals surface area contributed by atoms with E-state index in [2.05, 4.69) is 15.5 Å². The molecule has 3 heterocycles. The number of fused-ring (bicyclic) bond motifs is 1. The molecule has 2 amide bonds. The number of pyridine rings is 1. The van der Waals surface area contributed by atoms with Gasteiger partial charge < -0.3 is 10.2 Å². The van der Waals surface area contributed by atoms with Crippen molar-refractivity contribution in [2.24, 2.45) is 5.92 Å². The molecule has 1 N–H and O–H groups in total. The van der Waals surface area contributed by atoms with E-state index in [1.807, 2.05) is 28.8 Å². The molecule has 20 heavy (non-hydrogen) atoms. The van der Waals surface area contributed by atoms with Gasteiger partial charge in [0.2, 0.25) is 11.8 Å². The minimum atomic E-state index is -0.272. The van der Waals surface area contributed by atoms with Crippen molar-refractivity contribution in [3.05, 3.63) is 30.2 Å². The molecule has 0 saturated carbocycles. The highest BCUT2D eigenvalue weighted by Gasteiger charge is 2.31. The highest BCUT2D eigenvalue weighted by atomic mass is 16.2. The standard InChI is InChI=1S/C13H15N5O2/c1-17-8-9(6-12(17)19)13(20)14-7-11-16-15-10-4-2-3-5-18(10)11/h2-5,9H,6-8H2,1H3,(H,14,20)/t9-/m1/s1. The molecule has 1 fully saturated rings. The molecular formula is C13H15N5O2. The molecule has 1 aliphatic rings. The lowest BCUT2D eigenvalue weighted by Gasteiger charge is -2.10. The van der Waals surface area contributed by atoms with Crippen LogP contribution < -0.4 is 5.32 Å². The van der Waals surface area contributed by atoms with E-state index in [1.165, 1.54) is 0 Å². The molecule has 104 valence electrons. The van der Waals surface area contributed by atoms with Gasteiger partial charge in [0.15, 0.2) is 11.5 Å². The van der Waals surface area contributed by atoms with E-state index < -0.39 is 0 Å². The molecule has 1 atom stereocenters. The highest BCUT2D eigenvalue weighted by molar-refractivity contribution is 5.89. The van der Waals surface area contributed by atoms with Gasteiger partial charge in [0.1, 0.15) is 0 Å². The number of rotatable bonds is 3. The average Bonchev–Trinajstić information content (AvgIpc) is 3.01. The lowest BCUT2D eigenvalue weighted by molar-refractivity contribution is -0.128. The second-order valence-corrected chi connectivity index (χ2v) is 4.94. The van der Waals surface area contributed by atoms with E-state index in [-0.39, 0.29) is 24.2 Å². The number of nitrogens with zero attached hydrogens (tertiary/aromatic N) is 4. The summed E-state index contributed by atoms with van der Waals surface area (Å²) >= 11 is 0. The highest BCUT2D eigenvalue weighted by Crippen LogP contribution is 2.16. The molecule has 3 rings (SSSR count). The van der Waals surface area contributed by atoms with Gasteiger partial charge in [-0.25, -0.2) is 0 Å². The predicted octanol–water partition coefficient (Wildman–Crippen LogP) is -0.176. The normalized spacial score (nSPS) is 18.8. The molecule has 0 aromatic carbocycles. The van der Waals surface area contributed by atoms with Gasteiger partial charge in [0, 0.05) is 26.2 Å². The monoisotopic (exact) mass is 273 g/mol. The third-order valence-electron chi connectivity index (χ3n) is 3.52. The zero-order valence-electron chi connectivity index (χ0n) is 11.1. The lowest BCUT2D eigenvalue weighted by Crippen LogP contribution is -2.32. The fourth-order valence-electron chi connectivity index (χ4n) is 2.36. The summed E-state index contributed by atoms with van der Waals surface area (Å²) in [5, 5.41) is 10.9. The van der Waals surface area contributed by atoms with Crippen molar-refractivity contribution < 1.29 is 9.59 Å². The van der Waals surface area contributed by atoms with Crippen molar-refractivity contribution >= 4 is 17.5 Å². The first-order chi connectivity index (χ1) is 9.65. The third kappa shape index (κ3) is 2.22. The summed E-state index contributed by atoms with van der Waals surface area (Å²) in [7, 11) is 1.71. The van der Waals surface area contributed by atoms with Crippen molar-refractivity contribution in [3.8, 4) is 0 Å². The molecule has 2 aromatic rings. The predicted molar refractivity (Wildman–Crippen MR) is 70.6 cm³/mol. The Hall–Kier alpha value is -2.44. The van der Waals surface area contributed by atoms with Crippen molar-refractivity contribution in [3.63, 3.8) is 0 Å². The van der Waals surface area contributed by atoms with E-state index >= 15 is 0 Å². The Morgan fingerprint density at radius 2 is 2.30 bits per heavy atom. The topological polar surface area (TPSA) is 79.6 Å². The van der Waals surface area contributed by atoms with Crippen LogP contribution in [0.5, 0.6) is 0 Å². The first kappa shape index (κ1) is 12.6. The third-order valence-corrected chi connectivity index (χ3v) is 3.52. The molecule has 0 bridgehead atoms. The smallest absolute Gasteiger partial charge is 0.225 e. The molecule has 1 aliphatic heterocycles. The van der Waals surface area contributed by atoms with Crippen LogP contribution in [0.15, 0.2) is 24.4 Å². The Morgan fingerprint density at radius 1 is 1.45 bits per heavy atom. The van der Waals surface area contributed by atoms with Crippen molar-refractivity contribution in [1.29, 1.82) is 0 Å². The molecule has 0 spiro atoms. The van der Waals surface area contributed by atoms with E-state index in [4.69, 9.17) is 0 Å². The van der Waals surface area contributed by atoms with Gasteiger partial charge in [-0.2, -0.15) is 0 Å². The molecule has 1 saturated heterocycles. The molecule has 2 aromatic heterocycles. The van der Waals surface area contributed by atoms with Crippen molar-refractivity contribution in [1.82, 2.24) is 24.8 Å². The number of aromatic nitrogens is 3. The van der Waals surface area contributed by atoms with Crippen LogP contribution in [0, 0.1) is 5.92 Å². The molecule has 0 aliphatic carbocycles. The van der Waals surface area contributed by atoms with Gasteiger partial charge >= 0.3 is 0 Å². The van der Waals surface area contributed by atoms with Gasteiger partial charge in [0.05, 0.1) is 12.5 Å². The molecule has 7 nitrogen and oxygen atoms in total. The Kier molecular flexibility index (Phi) is 3.09. The van der Waals surface area contributed by atoms with E-state index in [0.29, 0.717) is 18.9 Å². The number of likely N-dealkylation sites (tertiary alicyclic amines) is 1. The number of hydrogen-bond donors (Lipinski definition) is 1. The molecule has 7 heteroatoms. The summed E-state index contributed by atoms with van der Waals surface area (Å²) in [6, 6.07) is 5.61. The zero-order chi connectivity index (χ0) is 14.1. The Bertz CT molecular complexity index is 666. The first-order valence-corrected chi connectivity index (χ1v) is 6.45. The van der Waals surface area contributed by atoms with Crippen molar-refractivity contribution in [2.45, 2.75) is 13.0 Å². The number of amides is 2. The van der Waals surface area contributed by atoms with Gasteiger partial charge in [-0.3, -0.25) is 14.0 Å². The number of hydrogen-bond acceptors (Lipinski definition) is 4. The zero-order valence-corrected chi connectivity index (χ0v) is 11.1. The average molecular weight is 273 g/mol. The Balaban J connectivity index is 1.65. The molecular weight excluding hydrogens is 258 g/mol. The van der Waals surface area contributed by atoms with E-state index in [9.17, 15) is 9.59 Å². The van der Waals surface area contributed by atoms with E-state index in [1.54, 1.807) is 11.9 Å². The fraction of sp³-hybridized carbons (Fsp3) is 0.385. The maximum Gasteiger partial charge on any atom is 0.225 e. The largest absolute Gasteiger partial charge is 0.348 e. The number of nitrogens with one attached hydrogen (secondary N) is 1. The quantitative estimate of drug-likeness (QED) is 0.841. The van der Waals surface area contributed by atoms with Crippen LogP contribution in [-0.2, 0) is 16.1 Å². The van der Waals surface area contributed by atoms with E-state index in [0.717, 1.165) is 5.65 Å². The summed E-state index contributed by atoms with van der Waals surface area (Å²) < 4.78 is 1.83. The van der Waals surface area contributed by atoms with Crippen LogP contribution in [0.3, 0.4) is 0 Å². The second-order valence-electron chi connectivity index (χ2n) is 4.94. The minimum absolute atomic E-state index is 0.0121. The maximum atomic E-state index is 12.0. The summed E-state index contributed by atoms with van der Waals surface area (Å²) in [6.07, 6.45) is 2.13. The molecule has 0 radical (unpaired) electrons. The SMILES string of the molecule is CN1C[C@H](C(=O)NCc2nnc3ccccn23)CC1=O. The fourth-order valence-corrected chi connectivity index (χ4v) is 2.36. The van der Waals surface area contributed by atoms with Crippen molar-refractivity contribution in [2.75, 3.05) is 13.6 Å². The van der Waals surface area contributed by atoms with Crippen LogP contribution in [0.4, 0.5) is 0 Å². The summed E-state index contributed by atoms with van der Waals surface area (Å²) in [4.78, 5) is 25.0. The Labute approximate surface area is 115 Å². The Morgan fingerprint density at radius 3 is 3.05 bits per heavy atom. The summed E-state index contributed by atoms with van der Waals surface area (Å²) in [6.45, 7) is 0.781. The number of carbonyl (C=O) groups excluding carboxylic acids is 2.